The Morgan fingerprint density at radius 1 is 1.35 bits per heavy atom. The first-order valence-electron chi connectivity index (χ1n) is 6.93. The molecular weight excluding hydrogens is 280 g/mol. The molecule has 2 rings (SSSR count). The molecule has 1 unspecified atom stereocenters. The van der Waals surface area contributed by atoms with Gasteiger partial charge in [0.15, 0.2) is 0 Å². The van der Waals surface area contributed by atoms with Gasteiger partial charge in [0.05, 0.1) is 6.54 Å². The van der Waals surface area contributed by atoms with Gasteiger partial charge in [0.1, 0.15) is 5.54 Å². The molecule has 0 bridgehead atoms. The number of hydrogen-bond acceptors (Lipinski definition) is 4. The van der Waals surface area contributed by atoms with Crippen LogP contribution in [0.25, 0.3) is 0 Å². The normalized spacial score (nSPS) is 27.2. The second kappa shape index (κ2) is 6.47. The summed E-state index contributed by atoms with van der Waals surface area (Å²) in [6.07, 6.45) is 3.69. The van der Waals surface area contributed by atoms with Crippen molar-refractivity contribution in [3.63, 3.8) is 0 Å². The molecule has 112 valence electrons. The van der Waals surface area contributed by atoms with Crippen molar-refractivity contribution in [2.75, 3.05) is 24.6 Å². The van der Waals surface area contributed by atoms with Crippen LogP contribution in [0.4, 0.5) is 0 Å². The SMILES string of the molecule is O=C(CN1CCCCCC1=O)NC1(C(=O)O)CCSC1. The fourth-order valence-electron chi connectivity index (χ4n) is 2.57. The third-order valence-electron chi connectivity index (χ3n) is 3.82. The zero-order valence-corrected chi connectivity index (χ0v) is 12.2. The van der Waals surface area contributed by atoms with Crippen LogP contribution in [0.5, 0.6) is 0 Å². The summed E-state index contributed by atoms with van der Waals surface area (Å²) in [5.41, 5.74) is -1.16. The van der Waals surface area contributed by atoms with Crippen LogP contribution < -0.4 is 5.32 Å². The number of nitrogens with zero attached hydrogens (tertiary/aromatic N) is 1. The van der Waals surface area contributed by atoms with Gasteiger partial charge in [-0.3, -0.25) is 9.59 Å². The van der Waals surface area contributed by atoms with E-state index in [-0.39, 0.29) is 18.4 Å². The monoisotopic (exact) mass is 300 g/mol. The Balaban J connectivity index is 1.94. The van der Waals surface area contributed by atoms with Gasteiger partial charge in [-0.1, -0.05) is 6.42 Å². The van der Waals surface area contributed by atoms with Crippen molar-refractivity contribution in [1.82, 2.24) is 10.2 Å². The average Bonchev–Trinajstić information content (AvgIpc) is 2.77. The first kappa shape index (κ1) is 15.2. The minimum Gasteiger partial charge on any atom is -0.479 e. The predicted octanol–water partition coefficient (Wildman–Crippen LogP) is 0.466. The molecular formula is C13H20N2O4S. The van der Waals surface area contributed by atoms with Crippen molar-refractivity contribution in [2.45, 2.75) is 37.6 Å². The molecule has 20 heavy (non-hydrogen) atoms. The molecule has 1 atom stereocenters. The lowest BCUT2D eigenvalue weighted by molar-refractivity contribution is -0.147. The third kappa shape index (κ3) is 3.45. The number of rotatable bonds is 4. The van der Waals surface area contributed by atoms with Crippen LogP contribution in [0.15, 0.2) is 0 Å². The summed E-state index contributed by atoms with van der Waals surface area (Å²) < 4.78 is 0. The van der Waals surface area contributed by atoms with Crippen molar-refractivity contribution < 1.29 is 19.5 Å². The zero-order valence-electron chi connectivity index (χ0n) is 11.4. The van der Waals surface area contributed by atoms with Gasteiger partial charge in [0.2, 0.25) is 11.8 Å². The van der Waals surface area contributed by atoms with Crippen LogP contribution in [0.3, 0.4) is 0 Å². The number of aliphatic carboxylic acids is 1. The first-order chi connectivity index (χ1) is 9.53. The van der Waals surface area contributed by atoms with Gasteiger partial charge in [0.25, 0.3) is 0 Å². The molecule has 0 aromatic rings. The van der Waals surface area contributed by atoms with Gasteiger partial charge < -0.3 is 15.3 Å². The van der Waals surface area contributed by atoms with Gasteiger partial charge in [0, 0.05) is 18.7 Å². The largest absolute Gasteiger partial charge is 0.479 e. The van der Waals surface area contributed by atoms with E-state index in [4.69, 9.17) is 0 Å². The Bertz CT molecular complexity index is 407. The molecule has 2 fully saturated rings. The number of hydrogen-bond donors (Lipinski definition) is 2. The minimum atomic E-state index is -1.16. The smallest absolute Gasteiger partial charge is 0.330 e. The molecule has 2 N–H and O–H groups in total. The van der Waals surface area contributed by atoms with Crippen LogP contribution in [0.1, 0.15) is 32.1 Å². The molecule has 0 aromatic carbocycles. The zero-order chi connectivity index (χ0) is 14.6. The van der Waals surface area contributed by atoms with E-state index in [2.05, 4.69) is 5.32 Å². The van der Waals surface area contributed by atoms with Crippen molar-refractivity contribution in [3.05, 3.63) is 0 Å². The number of nitrogens with one attached hydrogen (secondary N) is 1. The fraction of sp³-hybridized carbons (Fsp3) is 0.769. The lowest BCUT2D eigenvalue weighted by Gasteiger charge is -2.27. The lowest BCUT2D eigenvalue weighted by Crippen LogP contribution is -2.57. The molecule has 2 saturated heterocycles. The van der Waals surface area contributed by atoms with Crippen molar-refractivity contribution in [2.24, 2.45) is 0 Å². The molecule has 2 heterocycles. The summed E-state index contributed by atoms with van der Waals surface area (Å²) >= 11 is 1.53. The molecule has 6 nitrogen and oxygen atoms in total. The lowest BCUT2D eigenvalue weighted by atomic mass is 9.99. The first-order valence-corrected chi connectivity index (χ1v) is 8.09. The van der Waals surface area contributed by atoms with Gasteiger partial charge in [-0.2, -0.15) is 11.8 Å². The second-order valence-electron chi connectivity index (χ2n) is 5.36. The van der Waals surface area contributed by atoms with E-state index in [0.29, 0.717) is 25.1 Å². The minimum absolute atomic E-state index is 0.0113. The van der Waals surface area contributed by atoms with E-state index < -0.39 is 11.5 Å². The molecule has 0 saturated carbocycles. The van der Waals surface area contributed by atoms with Crippen LogP contribution in [-0.4, -0.2) is 57.9 Å². The Morgan fingerprint density at radius 3 is 2.80 bits per heavy atom. The highest BCUT2D eigenvalue weighted by Crippen LogP contribution is 2.28. The third-order valence-corrected chi connectivity index (χ3v) is 5.01. The summed E-state index contributed by atoms with van der Waals surface area (Å²) in [6.45, 7) is 0.555. The number of carboxylic acids is 1. The number of carboxylic acid groups (broad SMARTS) is 1. The van der Waals surface area contributed by atoms with Crippen molar-refractivity contribution >= 4 is 29.5 Å². The van der Waals surface area contributed by atoms with Crippen molar-refractivity contribution in [1.29, 1.82) is 0 Å². The predicted molar refractivity (Wildman–Crippen MR) is 75.5 cm³/mol. The number of likely N-dealkylation sites (tertiary alicyclic amines) is 1. The molecule has 0 radical (unpaired) electrons. The van der Waals surface area contributed by atoms with Crippen molar-refractivity contribution in [3.8, 4) is 0 Å². The van der Waals surface area contributed by atoms with E-state index >= 15 is 0 Å². The van der Waals surface area contributed by atoms with E-state index in [1.165, 1.54) is 11.8 Å². The summed E-state index contributed by atoms with van der Waals surface area (Å²) in [5.74, 6) is -0.247. The molecule has 2 aliphatic heterocycles. The van der Waals surface area contributed by atoms with Gasteiger partial charge in [-0.05, 0) is 25.0 Å². The Morgan fingerprint density at radius 2 is 2.15 bits per heavy atom. The molecule has 0 aliphatic carbocycles. The van der Waals surface area contributed by atoms with Crippen LogP contribution in [-0.2, 0) is 14.4 Å². The van der Waals surface area contributed by atoms with Gasteiger partial charge >= 0.3 is 5.97 Å². The maximum absolute atomic E-state index is 12.1. The van der Waals surface area contributed by atoms with E-state index in [1.54, 1.807) is 4.90 Å². The molecule has 0 spiro atoms. The molecule has 0 aromatic heterocycles. The average molecular weight is 300 g/mol. The maximum Gasteiger partial charge on any atom is 0.330 e. The van der Waals surface area contributed by atoms with Crippen LogP contribution in [0.2, 0.25) is 0 Å². The maximum atomic E-state index is 12.1. The Labute approximate surface area is 122 Å². The molecule has 2 aliphatic rings. The van der Waals surface area contributed by atoms with Gasteiger partial charge in [-0.25, -0.2) is 4.79 Å². The fourth-order valence-corrected chi connectivity index (χ4v) is 3.90. The standard InChI is InChI=1S/C13H20N2O4S/c16-10(8-15-6-3-1-2-4-11(15)17)14-13(12(18)19)5-7-20-9-13/h1-9H2,(H,14,16)(H,18,19). The van der Waals surface area contributed by atoms with E-state index in [1.807, 2.05) is 0 Å². The highest BCUT2D eigenvalue weighted by molar-refractivity contribution is 7.99. The summed E-state index contributed by atoms with van der Waals surface area (Å²) in [6, 6.07) is 0. The Hall–Kier alpha value is -1.24. The van der Waals surface area contributed by atoms with E-state index in [9.17, 15) is 19.5 Å². The quantitative estimate of drug-likeness (QED) is 0.788. The number of carbonyl (C=O) groups is 3. The highest BCUT2D eigenvalue weighted by atomic mass is 32.2. The number of thioether (sulfide) groups is 1. The van der Waals surface area contributed by atoms with Crippen LogP contribution in [0, 0.1) is 0 Å². The Kier molecular flexibility index (Phi) is 4.91. The summed E-state index contributed by atoms with van der Waals surface area (Å²) in [4.78, 5) is 36.8. The molecule has 2 amide bonds. The summed E-state index contributed by atoms with van der Waals surface area (Å²) in [7, 11) is 0. The van der Waals surface area contributed by atoms with Crippen LogP contribution >= 0.6 is 11.8 Å². The number of carbonyl (C=O) groups excluding carboxylic acids is 2. The highest BCUT2D eigenvalue weighted by Gasteiger charge is 2.43. The number of amides is 2. The topological polar surface area (TPSA) is 86.7 Å². The van der Waals surface area contributed by atoms with Gasteiger partial charge in [-0.15, -0.1) is 0 Å². The molecule has 7 heteroatoms. The summed E-state index contributed by atoms with van der Waals surface area (Å²) in [5, 5.41) is 11.9. The second-order valence-corrected chi connectivity index (χ2v) is 6.47. The van der Waals surface area contributed by atoms with E-state index in [0.717, 1.165) is 25.0 Å².